The van der Waals surface area contributed by atoms with Crippen LogP contribution in [-0.4, -0.2) is 15.0 Å². The molecule has 1 aliphatic rings. The molecule has 1 fully saturated rings. The lowest BCUT2D eigenvalue weighted by molar-refractivity contribution is 0.285. The van der Waals surface area contributed by atoms with Gasteiger partial charge in [-0.05, 0) is 58.8 Å². The number of benzene rings is 1. The minimum absolute atomic E-state index is 0.125. The van der Waals surface area contributed by atoms with Crippen molar-refractivity contribution in [2.24, 2.45) is 5.41 Å². The second-order valence-corrected chi connectivity index (χ2v) is 8.16. The largest absolute Gasteiger partial charge is 0.399 e. The molecule has 0 aromatic heterocycles. The summed E-state index contributed by atoms with van der Waals surface area (Å²) in [5.74, 6) is 0. The number of sulfonamides is 1. The summed E-state index contributed by atoms with van der Waals surface area (Å²) >= 11 is 3.28. The molecule has 0 bridgehead atoms. The predicted molar refractivity (Wildman–Crippen MR) is 84.9 cm³/mol. The monoisotopic (exact) mass is 360 g/mol. The molecule has 0 saturated heterocycles. The molecule has 6 heteroatoms. The maximum Gasteiger partial charge on any atom is 0.241 e. The van der Waals surface area contributed by atoms with Crippen LogP contribution in [0.3, 0.4) is 0 Å². The van der Waals surface area contributed by atoms with E-state index in [2.05, 4.69) is 27.6 Å². The number of hydrogen-bond acceptors (Lipinski definition) is 3. The van der Waals surface area contributed by atoms with E-state index in [1.165, 1.54) is 18.9 Å². The van der Waals surface area contributed by atoms with Crippen molar-refractivity contribution < 1.29 is 8.42 Å². The zero-order chi connectivity index (χ0) is 14.8. The Morgan fingerprint density at radius 2 is 2.00 bits per heavy atom. The van der Waals surface area contributed by atoms with E-state index in [4.69, 9.17) is 5.73 Å². The Morgan fingerprint density at radius 3 is 2.60 bits per heavy atom. The number of halogens is 1. The van der Waals surface area contributed by atoms with Gasteiger partial charge in [-0.1, -0.05) is 19.8 Å². The summed E-state index contributed by atoms with van der Waals surface area (Å²) < 4.78 is 28.1. The van der Waals surface area contributed by atoms with E-state index in [1.54, 1.807) is 12.1 Å². The SMILES string of the molecule is CCC1(CNS(=O)(=O)c2cc(N)ccc2Br)CCCC1. The molecule has 20 heavy (non-hydrogen) atoms. The number of nitrogens with two attached hydrogens (primary N) is 1. The van der Waals surface area contributed by atoms with Crippen molar-refractivity contribution in [1.82, 2.24) is 4.72 Å². The Kier molecular flexibility index (Phi) is 4.76. The maximum absolute atomic E-state index is 12.4. The molecule has 1 aromatic rings. The standard InChI is InChI=1S/C14H21BrN2O2S/c1-2-14(7-3-4-8-14)10-17-20(18,19)13-9-11(16)5-6-12(13)15/h5-6,9,17H,2-4,7-8,10,16H2,1H3. The molecule has 0 atom stereocenters. The molecule has 1 aromatic carbocycles. The normalized spacial score (nSPS) is 18.3. The second-order valence-electron chi connectivity index (χ2n) is 5.58. The zero-order valence-electron chi connectivity index (χ0n) is 11.7. The van der Waals surface area contributed by atoms with Crippen molar-refractivity contribution in [3.63, 3.8) is 0 Å². The van der Waals surface area contributed by atoms with E-state index in [9.17, 15) is 8.42 Å². The Hall–Kier alpha value is -0.590. The summed E-state index contributed by atoms with van der Waals surface area (Å²) in [5, 5.41) is 0. The molecule has 2 rings (SSSR count). The fourth-order valence-electron chi connectivity index (χ4n) is 2.83. The highest BCUT2D eigenvalue weighted by molar-refractivity contribution is 9.10. The predicted octanol–water partition coefficient (Wildman–Crippen LogP) is 3.28. The molecule has 0 aliphatic heterocycles. The first-order chi connectivity index (χ1) is 9.38. The van der Waals surface area contributed by atoms with Gasteiger partial charge in [-0.2, -0.15) is 0 Å². The molecule has 1 saturated carbocycles. The summed E-state index contributed by atoms with van der Waals surface area (Å²) in [6.45, 7) is 2.64. The van der Waals surface area contributed by atoms with Gasteiger partial charge in [-0.3, -0.25) is 0 Å². The quantitative estimate of drug-likeness (QED) is 0.791. The number of hydrogen-bond donors (Lipinski definition) is 2. The molecule has 0 spiro atoms. The van der Waals surface area contributed by atoms with Gasteiger partial charge in [0.15, 0.2) is 0 Å². The first-order valence-electron chi connectivity index (χ1n) is 6.93. The van der Waals surface area contributed by atoms with Crippen LogP contribution in [0.4, 0.5) is 5.69 Å². The van der Waals surface area contributed by atoms with Crippen molar-refractivity contribution >= 4 is 31.6 Å². The van der Waals surface area contributed by atoms with E-state index in [-0.39, 0.29) is 10.3 Å². The van der Waals surface area contributed by atoms with Crippen LogP contribution in [0.1, 0.15) is 39.0 Å². The van der Waals surface area contributed by atoms with Crippen LogP contribution in [0.15, 0.2) is 27.6 Å². The average Bonchev–Trinajstić information content (AvgIpc) is 2.89. The molecule has 3 N–H and O–H groups in total. The van der Waals surface area contributed by atoms with E-state index < -0.39 is 10.0 Å². The summed E-state index contributed by atoms with van der Waals surface area (Å²) in [7, 11) is -3.53. The lowest BCUT2D eigenvalue weighted by Gasteiger charge is -2.27. The highest BCUT2D eigenvalue weighted by Crippen LogP contribution is 2.40. The van der Waals surface area contributed by atoms with E-state index in [0.717, 1.165) is 19.3 Å². The van der Waals surface area contributed by atoms with Gasteiger partial charge in [0.2, 0.25) is 10.0 Å². The van der Waals surface area contributed by atoms with Crippen molar-refractivity contribution in [2.45, 2.75) is 43.9 Å². The fraction of sp³-hybridized carbons (Fsp3) is 0.571. The van der Waals surface area contributed by atoms with E-state index in [0.29, 0.717) is 16.7 Å². The molecule has 4 nitrogen and oxygen atoms in total. The van der Waals surface area contributed by atoms with Gasteiger partial charge in [0.05, 0.1) is 4.90 Å². The first kappa shape index (κ1) is 15.8. The van der Waals surface area contributed by atoms with Crippen LogP contribution < -0.4 is 10.5 Å². The second kappa shape index (κ2) is 6.03. The molecule has 112 valence electrons. The first-order valence-corrected chi connectivity index (χ1v) is 9.21. The van der Waals surface area contributed by atoms with Gasteiger partial charge in [0.1, 0.15) is 0 Å². The molecule has 0 amide bonds. The summed E-state index contributed by atoms with van der Waals surface area (Å²) in [5.41, 5.74) is 6.25. The third kappa shape index (κ3) is 3.35. The van der Waals surface area contributed by atoms with Crippen LogP contribution in [0.5, 0.6) is 0 Å². The molecule has 0 radical (unpaired) electrons. The number of anilines is 1. The van der Waals surface area contributed by atoms with Crippen LogP contribution >= 0.6 is 15.9 Å². The van der Waals surface area contributed by atoms with Crippen molar-refractivity contribution in [3.05, 3.63) is 22.7 Å². The van der Waals surface area contributed by atoms with Crippen molar-refractivity contribution in [3.8, 4) is 0 Å². The fourth-order valence-corrected chi connectivity index (χ4v) is 4.99. The summed E-state index contributed by atoms with van der Waals surface area (Å²) in [4.78, 5) is 0.210. The number of rotatable bonds is 5. The summed E-state index contributed by atoms with van der Waals surface area (Å²) in [6.07, 6.45) is 5.59. The minimum atomic E-state index is -3.53. The third-order valence-corrected chi connectivity index (χ3v) is 6.69. The summed E-state index contributed by atoms with van der Waals surface area (Å²) in [6, 6.07) is 4.82. The van der Waals surface area contributed by atoms with Crippen LogP contribution in [0.2, 0.25) is 0 Å². The van der Waals surface area contributed by atoms with E-state index in [1.807, 2.05) is 0 Å². The molecule has 0 unspecified atom stereocenters. The smallest absolute Gasteiger partial charge is 0.241 e. The van der Waals surface area contributed by atoms with Crippen molar-refractivity contribution in [2.75, 3.05) is 12.3 Å². The molecular weight excluding hydrogens is 340 g/mol. The average molecular weight is 361 g/mol. The van der Waals surface area contributed by atoms with Crippen molar-refractivity contribution in [1.29, 1.82) is 0 Å². The highest BCUT2D eigenvalue weighted by Gasteiger charge is 2.33. The Balaban J connectivity index is 2.17. The van der Waals surface area contributed by atoms with Crippen LogP contribution in [0, 0.1) is 5.41 Å². The minimum Gasteiger partial charge on any atom is -0.399 e. The van der Waals surface area contributed by atoms with Gasteiger partial charge < -0.3 is 5.73 Å². The van der Waals surface area contributed by atoms with Gasteiger partial charge in [0, 0.05) is 16.7 Å². The highest BCUT2D eigenvalue weighted by atomic mass is 79.9. The lowest BCUT2D eigenvalue weighted by Crippen LogP contribution is -2.35. The Morgan fingerprint density at radius 1 is 1.35 bits per heavy atom. The van der Waals surface area contributed by atoms with Gasteiger partial charge in [0.25, 0.3) is 0 Å². The lowest BCUT2D eigenvalue weighted by atomic mass is 9.84. The third-order valence-electron chi connectivity index (χ3n) is 4.30. The Bertz CT molecular complexity index is 581. The van der Waals surface area contributed by atoms with Crippen LogP contribution in [0.25, 0.3) is 0 Å². The number of nitrogens with one attached hydrogen (secondary N) is 1. The van der Waals surface area contributed by atoms with E-state index >= 15 is 0 Å². The maximum atomic E-state index is 12.4. The van der Waals surface area contributed by atoms with Gasteiger partial charge in [-0.25, -0.2) is 13.1 Å². The Labute approximate surface area is 129 Å². The topological polar surface area (TPSA) is 72.2 Å². The van der Waals surface area contributed by atoms with Gasteiger partial charge >= 0.3 is 0 Å². The molecule has 1 aliphatic carbocycles. The zero-order valence-corrected chi connectivity index (χ0v) is 14.1. The molecular formula is C14H21BrN2O2S. The van der Waals surface area contributed by atoms with Crippen LogP contribution in [-0.2, 0) is 10.0 Å². The number of nitrogen functional groups attached to an aromatic ring is 1. The molecule has 0 heterocycles. The van der Waals surface area contributed by atoms with Gasteiger partial charge in [-0.15, -0.1) is 0 Å².